The van der Waals surface area contributed by atoms with E-state index in [2.05, 4.69) is 10.6 Å². The van der Waals surface area contributed by atoms with Crippen LogP contribution in [-0.2, 0) is 4.74 Å². The van der Waals surface area contributed by atoms with Crippen LogP contribution in [0.5, 0.6) is 0 Å². The number of aliphatic hydroxyl groups excluding tert-OH is 1. The van der Waals surface area contributed by atoms with Gasteiger partial charge in [-0.05, 0) is 37.8 Å². The summed E-state index contributed by atoms with van der Waals surface area (Å²) in [5.74, 6) is 0.681. The van der Waals surface area contributed by atoms with Gasteiger partial charge in [-0.1, -0.05) is 17.7 Å². The van der Waals surface area contributed by atoms with Crippen LogP contribution in [0.15, 0.2) is 24.3 Å². The van der Waals surface area contributed by atoms with Crippen LogP contribution in [0.3, 0.4) is 0 Å². The molecule has 1 fully saturated rings. The lowest BCUT2D eigenvalue weighted by Crippen LogP contribution is -2.37. The number of carbonyl (C=O) groups excluding carboxylic acids is 1. The Kier molecular flexibility index (Phi) is 5.38. The summed E-state index contributed by atoms with van der Waals surface area (Å²) in [5, 5.41) is 15.0. The number of anilines is 1. The number of aryl methyl sites for hydroxylation is 1. The van der Waals surface area contributed by atoms with Crippen LogP contribution in [0.25, 0.3) is 0 Å². The van der Waals surface area contributed by atoms with Crippen LogP contribution in [0.4, 0.5) is 10.5 Å². The third kappa shape index (κ3) is 5.59. The zero-order chi connectivity index (χ0) is 14.4. The normalized spacial score (nSPS) is 15.7. The predicted octanol–water partition coefficient (Wildman–Crippen LogP) is 1.90. The Hall–Kier alpha value is -1.59. The lowest BCUT2D eigenvalue weighted by atomic mass is 10.2. The molecule has 5 nitrogen and oxygen atoms in total. The van der Waals surface area contributed by atoms with Crippen molar-refractivity contribution in [3.05, 3.63) is 29.8 Å². The molecule has 2 amide bonds. The van der Waals surface area contributed by atoms with Gasteiger partial charge in [-0.15, -0.1) is 0 Å². The summed E-state index contributed by atoms with van der Waals surface area (Å²) in [6.45, 7) is 3.15. The van der Waals surface area contributed by atoms with Crippen LogP contribution in [0, 0.1) is 12.8 Å². The maximum atomic E-state index is 11.6. The fourth-order valence-corrected chi connectivity index (χ4v) is 1.74. The van der Waals surface area contributed by atoms with Gasteiger partial charge in [0.2, 0.25) is 0 Å². The molecule has 0 bridgehead atoms. The number of aliphatic hydroxyl groups is 1. The predicted molar refractivity (Wildman–Crippen MR) is 77.8 cm³/mol. The second-order valence-corrected chi connectivity index (χ2v) is 5.34. The number of benzene rings is 1. The fourth-order valence-electron chi connectivity index (χ4n) is 1.74. The molecule has 1 aromatic rings. The van der Waals surface area contributed by atoms with E-state index in [-0.39, 0.29) is 19.2 Å². The summed E-state index contributed by atoms with van der Waals surface area (Å²) in [5.41, 5.74) is 1.87. The van der Waals surface area contributed by atoms with Gasteiger partial charge in [0.15, 0.2) is 0 Å². The summed E-state index contributed by atoms with van der Waals surface area (Å²) < 4.78 is 5.36. The molecular weight excluding hydrogens is 256 g/mol. The zero-order valence-electron chi connectivity index (χ0n) is 11.8. The molecule has 0 radical (unpaired) electrons. The number of carbonyl (C=O) groups is 1. The molecule has 0 aromatic heterocycles. The minimum Gasteiger partial charge on any atom is -0.389 e. The van der Waals surface area contributed by atoms with Crippen molar-refractivity contribution in [1.29, 1.82) is 0 Å². The number of amides is 2. The summed E-state index contributed by atoms with van der Waals surface area (Å²) >= 11 is 0. The summed E-state index contributed by atoms with van der Waals surface area (Å²) in [6, 6.07) is 7.20. The molecule has 0 aliphatic heterocycles. The van der Waals surface area contributed by atoms with E-state index in [0.29, 0.717) is 12.5 Å². The SMILES string of the molecule is Cc1ccc(NC(=O)NC[C@H](O)COCC2CC2)cc1. The Labute approximate surface area is 119 Å². The second-order valence-electron chi connectivity index (χ2n) is 5.34. The molecule has 20 heavy (non-hydrogen) atoms. The maximum Gasteiger partial charge on any atom is 0.319 e. The lowest BCUT2D eigenvalue weighted by Gasteiger charge is -2.13. The van der Waals surface area contributed by atoms with Crippen LogP contribution < -0.4 is 10.6 Å². The fraction of sp³-hybridized carbons (Fsp3) is 0.533. The lowest BCUT2D eigenvalue weighted by molar-refractivity contribution is 0.0339. The van der Waals surface area contributed by atoms with E-state index in [1.807, 2.05) is 31.2 Å². The van der Waals surface area contributed by atoms with E-state index in [9.17, 15) is 9.90 Å². The average Bonchev–Trinajstić information content (AvgIpc) is 3.23. The van der Waals surface area contributed by atoms with Gasteiger partial charge in [0.1, 0.15) is 0 Å². The summed E-state index contributed by atoms with van der Waals surface area (Å²) in [4.78, 5) is 11.6. The Balaban J connectivity index is 1.59. The van der Waals surface area contributed by atoms with Crippen LogP contribution in [-0.4, -0.2) is 37.0 Å². The Morgan fingerprint density at radius 2 is 2.10 bits per heavy atom. The van der Waals surface area contributed by atoms with Crippen molar-refractivity contribution in [3.8, 4) is 0 Å². The number of nitrogens with one attached hydrogen (secondary N) is 2. The monoisotopic (exact) mass is 278 g/mol. The van der Waals surface area contributed by atoms with Gasteiger partial charge in [0.05, 0.1) is 12.7 Å². The van der Waals surface area contributed by atoms with Crippen molar-refractivity contribution in [2.75, 3.05) is 25.1 Å². The van der Waals surface area contributed by atoms with Gasteiger partial charge >= 0.3 is 6.03 Å². The molecule has 0 saturated heterocycles. The van der Waals surface area contributed by atoms with Crippen LogP contribution in [0.1, 0.15) is 18.4 Å². The summed E-state index contributed by atoms with van der Waals surface area (Å²) in [6.07, 6.45) is 1.79. The molecule has 1 saturated carbocycles. The highest BCUT2D eigenvalue weighted by Gasteiger charge is 2.21. The largest absolute Gasteiger partial charge is 0.389 e. The minimum absolute atomic E-state index is 0.183. The highest BCUT2D eigenvalue weighted by Crippen LogP contribution is 2.28. The molecule has 5 heteroatoms. The van der Waals surface area contributed by atoms with Gasteiger partial charge in [-0.3, -0.25) is 0 Å². The standard InChI is InChI=1S/C15H22N2O3/c1-11-2-6-13(7-3-11)17-15(19)16-8-14(18)10-20-9-12-4-5-12/h2-3,6-7,12,14,18H,4-5,8-10H2,1H3,(H2,16,17,19)/t14-/m0/s1. The molecule has 0 spiro atoms. The first-order chi connectivity index (χ1) is 9.63. The van der Waals surface area contributed by atoms with Crippen molar-refractivity contribution in [1.82, 2.24) is 5.32 Å². The zero-order valence-corrected chi connectivity index (χ0v) is 11.8. The number of hydrogen-bond donors (Lipinski definition) is 3. The van der Waals surface area contributed by atoms with E-state index in [1.54, 1.807) is 0 Å². The molecule has 0 unspecified atom stereocenters. The Morgan fingerprint density at radius 3 is 2.75 bits per heavy atom. The topological polar surface area (TPSA) is 70.6 Å². The molecule has 1 aliphatic rings. The van der Waals surface area contributed by atoms with Gasteiger partial charge in [-0.2, -0.15) is 0 Å². The Bertz CT molecular complexity index is 429. The van der Waals surface area contributed by atoms with E-state index in [4.69, 9.17) is 4.74 Å². The second kappa shape index (κ2) is 7.26. The molecule has 1 aliphatic carbocycles. The first-order valence-corrected chi connectivity index (χ1v) is 7.01. The molecule has 2 rings (SSSR count). The van der Waals surface area contributed by atoms with Crippen LogP contribution in [0.2, 0.25) is 0 Å². The van der Waals surface area contributed by atoms with Crippen molar-refractivity contribution >= 4 is 11.7 Å². The smallest absolute Gasteiger partial charge is 0.319 e. The van der Waals surface area contributed by atoms with Gasteiger partial charge in [0, 0.05) is 18.8 Å². The van der Waals surface area contributed by atoms with Gasteiger partial charge in [0.25, 0.3) is 0 Å². The van der Waals surface area contributed by atoms with E-state index in [1.165, 1.54) is 12.8 Å². The summed E-state index contributed by atoms with van der Waals surface area (Å²) in [7, 11) is 0. The quantitative estimate of drug-likeness (QED) is 0.713. The third-order valence-electron chi connectivity index (χ3n) is 3.17. The van der Waals surface area contributed by atoms with Crippen molar-refractivity contribution in [3.63, 3.8) is 0 Å². The van der Waals surface area contributed by atoms with E-state index < -0.39 is 6.10 Å². The van der Waals surface area contributed by atoms with Crippen LogP contribution >= 0.6 is 0 Å². The number of hydrogen-bond acceptors (Lipinski definition) is 3. The highest BCUT2D eigenvalue weighted by molar-refractivity contribution is 5.89. The number of rotatable bonds is 7. The average molecular weight is 278 g/mol. The molecule has 0 heterocycles. The van der Waals surface area contributed by atoms with E-state index >= 15 is 0 Å². The van der Waals surface area contributed by atoms with Crippen molar-refractivity contribution in [2.24, 2.45) is 5.92 Å². The Morgan fingerprint density at radius 1 is 1.40 bits per heavy atom. The third-order valence-corrected chi connectivity index (χ3v) is 3.17. The van der Waals surface area contributed by atoms with Crippen molar-refractivity contribution < 1.29 is 14.6 Å². The first kappa shape index (κ1) is 14.8. The molecular formula is C15H22N2O3. The number of ether oxygens (including phenoxy) is 1. The molecule has 1 atom stereocenters. The molecule has 1 aromatic carbocycles. The van der Waals surface area contributed by atoms with Gasteiger partial charge in [-0.25, -0.2) is 4.79 Å². The first-order valence-electron chi connectivity index (χ1n) is 7.01. The van der Waals surface area contributed by atoms with Crippen molar-refractivity contribution in [2.45, 2.75) is 25.9 Å². The van der Waals surface area contributed by atoms with Gasteiger partial charge < -0.3 is 20.5 Å². The minimum atomic E-state index is -0.669. The van der Waals surface area contributed by atoms with E-state index in [0.717, 1.165) is 11.3 Å². The number of urea groups is 1. The highest BCUT2D eigenvalue weighted by atomic mass is 16.5. The molecule has 3 N–H and O–H groups in total. The molecule has 110 valence electrons. The maximum absolute atomic E-state index is 11.6.